The highest BCUT2D eigenvalue weighted by molar-refractivity contribution is 5.68. The number of alkyl halides is 3. The van der Waals surface area contributed by atoms with E-state index in [1.165, 1.54) is 37.7 Å². The number of hydrogen-bond donors (Lipinski definition) is 0. The number of rotatable bonds is 11. The van der Waals surface area contributed by atoms with E-state index in [4.69, 9.17) is 4.74 Å². The van der Waals surface area contributed by atoms with E-state index in [1.807, 2.05) is 48.8 Å². The van der Waals surface area contributed by atoms with E-state index in [9.17, 15) is 13.2 Å². The molecule has 0 radical (unpaired) electrons. The van der Waals surface area contributed by atoms with E-state index in [2.05, 4.69) is 16.9 Å². The van der Waals surface area contributed by atoms with Gasteiger partial charge in [0.15, 0.2) is 5.82 Å². The molecular formula is C27H29F3N2O. The molecule has 0 aliphatic rings. The predicted octanol–water partition coefficient (Wildman–Crippen LogP) is 7.82. The smallest absolute Gasteiger partial charge is 0.409 e. The first-order chi connectivity index (χ1) is 15.9. The summed E-state index contributed by atoms with van der Waals surface area (Å²) in [6, 6.07) is 15.2. The molecule has 33 heavy (non-hydrogen) atoms. The number of halogens is 3. The summed E-state index contributed by atoms with van der Waals surface area (Å²) in [5.74, 6) is 1.22. The van der Waals surface area contributed by atoms with Gasteiger partial charge in [0.25, 0.3) is 0 Å². The van der Waals surface area contributed by atoms with E-state index in [0.717, 1.165) is 29.2 Å². The van der Waals surface area contributed by atoms with Crippen molar-refractivity contribution in [2.45, 2.75) is 51.6 Å². The maximum absolute atomic E-state index is 12.1. The largest absolute Gasteiger partial charge is 0.490 e. The molecule has 3 aromatic rings. The van der Waals surface area contributed by atoms with Crippen LogP contribution >= 0.6 is 0 Å². The quantitative estimate of drug-likeness (QED) is 0.219. The zero-order chi connectivity index (χ0) is 23.5. The summed E-state index contributed by atoms with van der Waals surface area (Å²) in [5.41, 5.74) is 4.12. The Morgan fingerprint density at radius 3 is 1.97 bits per heavy atom. The molecule has 0 N–H and O–H groups in total. The van der Waals surface area contributed by atoms with Crippen LogP contribution in [0.5, 0.6) is 5.75 Å². The molecule has 0 atom stereocenters. The topological polar surface area (TPSA) is 35.0 Å². The monoisotopic (exact) mass is 454 g/mol. The highest BCUT2D eigenvalue weighted by Crippen LogP contribution is 2.25. The van der Waals surface area contributed by atoms with E-state index < -0.39 is 6.18 Å². The first-order valence-corrected chi connectivity index (χ1v) is 11.3. The highest BCUT2D eigenvalue weighted by Gasteiger charge is 2.21. The fourth-order valence-corrected chi connectivity index (χ4v) is 3.45. The summed E-state index contributed by atoms with van der Waals surface area (Å²) in [7, 11) is 0. The summed E-state index contributed by atoms with van der Waals surface area (Å²) in [6.07, 6.45) is 7.92. The van der Waals surface area contributed by atoms with Crippen molar-refractivity contribution >= 4 is 0 Å². The lowest BCUT2D eigenvalue weighted by atomic mass is 10.0. The van der Waals surface area contributed by atoms with Crippen molar-refractivity contribution in [3.8, 4) is 28.3 Å². The second-order valence-electron chi connectivity index (χ2n) is 7.94. The Morgan fingerprint density at radius 2 is 1.36 bits per heavy atom. The van der Waals surface area contributed by atoms with Gasteiger partial charge in [0, 0.05) is 24.0 Å². The first kappa shape index (κ1) is 24.5. The summed E-state index contributed by atoms with van der Waals surface area (Å²) in [6.45, 7) is 2.09. The molecule has 0 saturated carbocycles. The molecule has 3 rings (SSSR count). The first-order valence-electron chi connectivity index (χ1n) is 11.3. The Morgan fingerprint density at radius 1 is 0.788 bits per heavy atom. The number of unbranched alkanes of at least 4 members (excludes halogenated alkanes) is 4. The third-order valence-electron chi connectivity index (χ3n) is 5.26. The lowest BCUT2D eigenvalue weighted by molar-refractivity contribution is -0.0801. The van der Waals surface area contributed by atoms with Crippen LogP contribution in [0, 0.1) is 0 Å². The molecule has 0 unspecified atom stereocenters. The number of hydrogen-bond acceptors (Lipinski definition) is 3. The minimum atomic E-state index is -4.32. The Kier molecular flexibility index (Phi) is 9.04. The number of aryl methyl sites for hydroxylation is 1. The third kappa shape index (κ3) is 8.37. The number of aromatic nitrogens is 2. The van der Waals surface area contributed by atoms with E-state index >= 15 is 0 Å². The van der Waals surface area contributed by atoms with E-state index in [0.29, 0.717) is 11.6 Å². The van der Waals surface area contributed by atoms with Crippen molar-refractivity contribution in [3.63, 3.8) is 0 Å². The average molecular weight is 455 g/mol. The summed E-state index contributed by atoms with van der Waals surface area (Å²) < 4.78 is 41.6. The molecule has 0 fully saturated rings. The average Bonchev–Trinajstić information content (AvgIpc) is 2.82. The molecule has 0 saturated heterocycles. The molecule has 6 heteroatoms. The highest BCUT2D eigenvalue weighted by atomic mass is 19.4. The molecule has 0 spiro atoms. The van der Waals surface area contributed by atoms with Crippen molar-refractivity contribution < 1.29 is 17.9 Å². The molecule has 0 aliphatic carbocycles. The van der Waals surface area contributed by atoms with Crippen molar-refractivity contribution in [1.29, 1.82) is 0 Å². The van der Waals surface area contributed by atoms with Crippen molar-refractivity contribution in [2.75, 3.05) is 6.61 Å². The van der Waals surface area contributed by atoms with Crippen LogP contribution in [-0.4, -0.2) is 22.8 Å². The number of benzene rings is 2. The fraction of sp³-hybridized carbons (Fsp3) is 0.333. The number of allylic oxidation sites excluding steroid dienone is 1. The molecule has 0 amide bonds. The summed E-state index contributed by atoms with van der Waals surface area (Å²) in [4.78, 5) is 9.05. The van der Waals surface area contributed by atoms with E-state index in [1.54, 1.807) is 12.1 Å². The predicted molar refractivity (Wildman–Crippen MR) is 126 cm³/mol. The lowest BCUT2D eigenvalue weighted by Gasteiger charge is -2.07. The minimum absolute atomic E-state index is 0.134. The van der Waals surface area contributed by atoms with Crippen LogP contribution in [0.3, 0.4) is 0 Å². The Bertz CT molecular complexity index is 996. The van der Waals surface area contributed by atoms with Crippen LogP contribution in [0.1, 0.15) is 44.6 Å². The standard InChI is InChI=1S/C27H29F3N2O/c1-2-3-4-5-6-8-21-19-31-26(32-20-21)24-11-9-22(10-12-24)23-13-15-25(16-14-23)33-18-7-17-27(28,29)30/h7,9-17,19-20H,2-6,8,18H2,1H3. The molecule has 174 valence electrons. The SMILES string of the molecule is CCCCCCCc1cnc(-c2ccc(-c3ccc(OCC=CC(F)(F)F)cc3)cc2)nc1. The van der Waals surface area contributed by atoms with Gasteiger partial charge in [-0.1, -0.05) is 69.0 Å². The summed E-state index contributed by atoms with van der Waals surface area (Å²) in [5, 5.41) is 0. The van der Waals surface area contributed by atoms with Gasteiger partial charge in [-0.2, -0.15) is 13.2 Å². The van der Waals surface area contributed by atoms with Gasteiger partial charge in [-0.25, -0.2) is 9.97 Å². The molecule has 3 nitrogen and oxygen atoms in total. The Hall–Kier alpha value is -3.15. The Balaban J connectivity index is 1.54. The van der Waals surface area contributed by atoms with Gasteiger partial charge in [0.2, 0.25) is 0 Å². The van der Waals surface area contributed by atoms with Crippen LogP contribution in [0.15, 0.2) is 73.1 Å². The molecule has 0 bridgehead atoms. The summed E-state index contributed by atoms with van der Waals surface area (Å²) >= 11 is 0. The van der Waals surface area contributed by atoms with Crippen LogP contribution in [-0.2, 0) is 6.42 Å². The lowest BCUT2D eigenvalue weighted by Crippen LogP contribution is -2.02. The van der Waals surface area contributed by atoms with E-state index in [-0.39, 0.29) is 12.7 Å². The van der Waals surface area contributed by atoms with Gasteiger partial charge in [-0.3, -0.25) is 0 Å². The van der Waals surface area contributed by atoms with Gasteiger partial charge < -0.3 is 4.74 Å². The zero-order valence-corrected chi connectivity index (χ0v) is 18.8. The van der Waals surface area contributed by atoms with Gasteiger partial charge >= 0.3 is 6.18 Å². The molecule has 2 aromatic carbocycles. The van der Waals surface area contributed by atoms with Crippen molar-refractivity contribution in [2.24, 2.45) is 0 Å². The molecule has 1 heterocycles. The van der Waals surface area contributed by atoms with Crippen LogP contribution < -0.4 is 4.74 Å². The number of nitrogens with zero attached hydrogens (tertiary/aromatic N) is 2. The van der Waals surface area contributed by atoms with Crippen LogP contribution in [0.2, 0.25) is 0 Å². The molecule has 1 aromatic heterocycles. The van der Waals surface area contributed by atoms with Crippen LogP contribution in [0.25, 0.3) is 22.5 Å². The Labute approximate surface area is 193 Å². The van der Waals surface area contributed by atoms with Gasteiger partial charge in [0.05, 0.1) is 0 Å². The zero-order valence-electron chi connectivity index (χ0n) is 18.8. The second kappa shape index (κ2) is 12.2. The van der Waals surface area contributed by atoms with Crippen molar-refractivity contribution in [3.05, 3.63) is 78.6 Å². The van der Waals surface area contributed by atoms with Gasteiger partial charge in [-0.15, -0.1) is 0 Å². The molecule has 0 aliphatic heterocycles. The second-order valence-corrected chi connectivity index (χ2v) is 7.94. The van der Waals surface area contributed by atoms with Crippen LogP contribution in [0.4, 0.5) is 13.2 Å². The number of ether oxygens (including phenoxy) is 1. The maximum atomic E-state index is 12.1. The third-order valence-corrected chi connectivity index (χ3v) is 5.26. The molecular weight excluding hydrogens is 425 g/mol. The van der Waals surface area contributed by atoms with Gasteiger partial charge in [0.1, 0.15) is 12.4 Å². The normalized spacial score (nSPS) is 11.8. The van der Waals surface area contributed by atoms with Gasteiger partial charge in [-0.05, 0) is 47.7 Å². The fourth-order valence-electron chi connectivity index (χ4n) is 3.45. The van der Waals surface area contributed by atoms with Crippen molar-refractivity contribution in [1.82, 2.24) is 9.97 Å². The maximum Gasteiger partial charge on any atom is 0.409 e. The minimum Gasteiger partial charge on any atom is -0.490 e.